The summed E-state index contributed by atoms with van der Waals surface area (Å²) in [5, 5.41) is 14.7. The lowest BCUT2D eigenvalue weighted by Gasteiger charge is -2.23. The average Bonchev–Trinajstić information content (AvgIpc) is 2.75. The molecule has 0 aromatic heterocycles. The van der Waals surface area contributed by atoms with Gasteiger partial charge in [0.15, 0.2) is 0 Å². The van der Waals surface area contributed by atoms with Gasteiger partial charge in [-0.3, -0.25) is 4.79 Å². The van der Waals surface area contributed by atoms with Gasteiger partial charge in [0.1, 0.15) is 18.2 Å². The lowest BCUT2D eigenvalue weighted by atomic mass is 10.1. The van der Waals surface area contributed by atoms with Crippen molar-refractivity contribution in [1.82, 2.24) is 10.6 Å². The summed E-state index contributed by atoms with van der Waals surface area (Å²) < 4.78 is 10.5. The van der Waals surface area contributed by atoms with Crippen LogP contribution in [-0.4, -0.2) is 41.3 Å². The Morgan fingerprint density at radius 3 is 2.09 bits per heavy atom. The SMILES string of the molecule is CC(C)(C)OC(=O)N[C@H](CC(=O)N[C@H](CO)c1ccccc1)C(=O)OCc1ccccc1. The first-order chi connectivity index (χ1) is 15.2. The van der Waals surface area contributed by atoms with Crippen molar-refractivity contribution in [2.75, 3.05) is 6.61 Å². The summed E-state index contributed by atoms with van der Waals surface area (Å²) >= 11 is 0. The molecule has 2 amide bonds. The zero-order valence-electron chi connectivity index (χ0n) is 18.5. The number of aliphatic hydroxyl groups excluding tert-OH is 1. The molecule has 8 heteroatoms. The van der Waals surface area contributed by atoms with Crippen LogP contribution in [0.15, 0.2) is 60.7 Å². The Labute approximate surface area is 187 Å². The molecular formula is C24H30N2O6. The highest BCUT2D eigenvalue weighted by Crippen LogP contribution is 2.13. The van der Waals surface area contributed by atoms with Crippen molar-refractivity contribution in [3.8, 4) is 0 Å². The van der Waals surface area contributed by atoms with Gasteiger partial charge in [-0.2, -0.15) is 0 Å². The molecule has 2 aromatic rings. The fourth-order valence-corrected chi connectivity index (χ4v) is 2.83. The molecule has 0 saturated heterocycles. The van der Waals surface area contributed by atoms with E-state index in [0.29, 0.717) is 5.56 Å². The summed E-state index contributed by atoms with van der Waals surface area (Å²) in [5.74, 6) is -1.30. The summed E-state index contributed by atoms with van der Waals surface area (Å²) in [5.41, 5.74) is 0.706. The van der Waals surface area contributed by atoms with Crippen molar-refractivity contribution >= 4 is 18.0 Å². The minimum atomic E-state index is -1.26. The van der Waals surface area contributed by atoms with E-state index in [2.05, 4.69) is 10.6 Å². The molecule has 0 aliphatic carbocycles. The van der Waals surface area contributed by atoms with E-state index < -0.39 is 35.7 Å². The summed E-state index contributed by atoms with van der Waals surface area (Å²) in [4.78, 5) is 37.5. The molecule has 32 heavy (non-hydrogen) atoms. The molecule has 0 unspecified atom stereocenters. The molecule has 2 atom stereocenters. The van der Waals surface area contributed by atoms with Crippen molar-refractivity contribution in [3.63, 3.8) is 0 Å². The molecule has 0 heterocycles. The van der Waals surface area contributed by atoms with Crippen molar-refractivity contribution in [2.24, 2.45) is 0 Å². The Hall–Kier alpha value is -3.39. The molecule has 0 spiro atoms. The largest absolute Gasteiger partial charge is 0.459 e. The second-order valence-corrected chi connectivity index (χ2v) is 8.21. The van der Waals surface area contributed by atoms with Gasteiger partial charge in [0.05, 0.1) is 19.1 Å². The third-order valence-electron chi connectivity index (χ3n) is 4.31. The molecule has 2 aromatic carbocycles. The highest BCUT2D eigenvalue weighted by atomic mass is 16.6. The number of hydrogen-bond acceptors (Lipinski definition) is 6. The fourth-order valence-electron chi connectivity index (χ4n) is 2.83. The second-order valence-electron chi connectivity index (χ2n) is 8.21. The number of amides is 2. The first-order valence-electron chi connectivity index (χ1n) is 10.3. The van der Waals surface area contributed by atoms with Crippen molar-refractivity contribution < 1.29 is 29.0 Å². The Bertz CT molecular complexity index is 880. The van der Waals surface area contributed by atoms with Crippen LogP contribution in [0, 0.1) is 0 Å². The molecule has 0 fully saturated rings. The zero-order valence-corrected chi connectivity index (χ0v) is 18.5. The van der Waals surface area contributed by atoms with E-state index in [1.165, 1.54) is 0 Å². The normalized spacial score (nSPS) is 12.9. The van der Waals surface area contributed by atoms with Crippen LogP contribution in [0.5, 0.6) is 0 Å². The quantitative estimate of drug-likeness (QED) is 0.515. The monoisotopic (exact) mass is 442 g/mol. The van der Waals surface area contributed by atoms with Gasteiger partial charge < -0.3 is 25.2 Å². The predicted molar refractivity (Wildman–Crippen MR) is 118 cm³/mol. The maximum absolute atomic E-state index is 12.7. The van der Waals surface area contributed by atoms with Gasteiger partial charge in [-0.15, -0.1) is 0 Å². The van der Waals surface area contributed by atoms with E-state index in [0.717, 1.165) is 5.56 Å². The highest BCUT2D eigenvalue weighted by Gasteiger charge is 2.28. The van der Waals surface area contributed by atoms with Gasteiger partial charge in [0, 0.05) is 0 Å². The molecule has 0 radical (unpaired) electrons. The molecule has 2 rings (SSSR count). The molecule has 0 saturated carbocycles. The number of alkyl carbamates (subject to hydrolysis) is 1. The maximum Gasteiger partial charge on any atom is 0.408 e. The number of esters is 1. The van der Waals surface area contributed by atoms with Crippen molar-refractivity contribution in [2.45, 2.75) is 51.5 Å². The summed E-state index contributed by atoms with van der Waals surface area (Å²) in [6.07, 6.45) is -1.22. The van der Waals surface area contributed by atoms with Gasteiger partial charge in [0.25, 0.3) is 0 Å². The lowest BCUT2D eigenvalue weighted by Crippen LogP contribution is -2.47. The van der Waals surface area contributed by atoms with E-state index in [1.54, 1.807) is 57.2 Å². The van der Waals surface area contributed by atoms with Crippen LogP contribution in [0.1, 0.15) is 44.4 Å². The first kappa shape index (κ1) is 24.9. The van der Waals surface area contributed by atoms with Crippen LogP contribution in [-0.2, 0) is 25.7 Å². The fraction of sp³-hybridized carbons (Fsp3) is 0.375. The van der Waals surface area contributed by atoms with E-state index >= 15 is 0 Å². The summed E-state index contributed by atoms with van der Waals surface area (Å²) in [6.45, 7) is 4.74. The van der Waals surface area contributed by atoms with E-state index in [-0.39, 0.29) is 19.6 Å². The van der Waals surface area contributed by atoms with E-state index in [9.17, 15) is 19.5 Å². The number of carbonyl (C=O) groups is 3. The van der Waals surface area contributed by atoms with Crippen LogP contribution in [0.25, 0.3) is 0 Å². The molecule has 8 nitrogen and oxygen atoms in total. The lowest BCUT2D eigenvalue weighted by molar-refractivity contribution is -0.149. The molecule has 0 aliphatic heterocycles. The van der Waals surface area contributed by atoms with Crippen LogP contribution in [0.2, 0.25) is 0 Å². The average molecular weight is 443 g/mol. The summed E-state index contributed by atoms with van der Waals surface area (Å²) in [6, 6.07) is 16.1. The van der Waals surface area contributed by atoms with Gasteiger partial charge in [-0.25, -0.2) is 9.59 Å². The number of carbonyl (C=O) groups excluding carboxylic acids is 3. The minimum Gasteiger partial charge on any atom is -0.459 e. The number of hydrogen-bond donors (Lipinski definition) is 3. The molecular weight excluding hydrogens is 412 g/mol. The van der Waals surface area contributed by atoms with Crippen LogP contribution in [0.4, 0.5) is 4.79 Å². The van der Waals surface area contributed by atoms with E-state index in [1.807, 2.05) is 24.3 Å². The zero-order chi connectivity index (χ0) is 23.6. The third kappa shape index (κ3) is 8.77. The van der Waals surface area contributed by atoms with Crippen LogP contribution < -0.4 is 10.6 Å². The molecule has 0 bridgehead atoms. The summed E-state index contributed by atoms with van der Waals surface area (Å²) in [7, 11) is 0. The Balaban J connectivity index is 2.05. The third-order valence-corrected chi connectivity index (χ3v) is 4.31. The van der Waals surface area contributed by atoms with Crippen molar-refractivity contribution in [1.29, 1.82) is 0 Å². The van der Waals surface area contributed by atoms with Gasteiger partial charge in [-0.1, -0.05) is 60.7 Å². The Morgan fingerprint density at radius 1 is 0.938 bits per heavy atom. The number of ether oxygens (including phenoxy) is 2. The predicted octanol–water partition coefficient (Wildman–Crippen LogP) is 2.86. The topological polar surface area (TPSA) is 114 Å². The van der Waals surface area contributed by atoms with Gasteiger partial charge in [0.2, 0.25) is 5.91 Å². The molecule has 0 aliphatic rings. The van der Waals surface area contributed by atoms with Gasteiger partial charge >= 0.3 is 12.1 Å². The number of benzene rings is 2. The number of rotatable bonds is 9. The smallest absolute Gasteiger partial charge is 0.408 e. The Morgan fingerprint density at radius 2 is 1.53 bits per heavy atom. The Kier molecular flexibility index (Phi) is 9.22. The van der Waals surface area contributed by atoms with Crippen LogP contribution in [0.3, 0.4) is 0 Å². The second kappa shape index (κ2) is 11.9. The van der Waals surface area contributed by atoms with E-state index in [4.69, 9.17) is 9.47 Å². The number of nitrogens with one attached hydrogen (secondary N) is 2. The standard InChI is InChI=1S/C24H30N2O6/c1-24(2,3)32-23(30)26-19(22(29)31-16-17-10-6-4-7-11-17)14-21(28)25-20(15-27)18-12-8-5-9-13-18/h4-13,19-20,27H,14-16H2,1-3H3,(H,25,28)(H,26,30)/t19-,20-/m1/s1. The maximum atomic E-state index is 12.7. The highest BCUT2D eigenvalue weighted by molar-refractivity contribution is 5.88. The van der Waals surface area contributed by atoms with Crippen molar-refractivity contribution in [3.05, 3.63) is 71.8 Å². The first-order valence-corrected chi connectivity index (χ1v) is 10.3. The minimum absolute atomic E-state index is 0.00291. The molecule has 3 N–H and O–H groups in total. The molecule has 172 valence electrons. The number of aliphatic hydroxyl groups is 1. The van der Waals surface area contributed by atoms with Gasteiger partial charge in [-0.05, 0) is 31.9 Å². The van der Waals surface area contributed by atoms with Crippen LogP contribution >= 0.6 is 0 Å².